The van der Waals surface area contributed by atoms with Crippen molar-refractivity contribution in [2.75, 3.05) is 0 Å². The van der Waals surface area contributed by atoms with E-state index >= 15 is 0 Å². The zero-order valence-corrected chi connectivity index (χ0v) is 16.5. The van der Waals surface area contributed by atoms with Crippen LogP contribution in [0.25, 0.3) is 0 Å². The van der Waals surface area contributed by atoms with E-state index in [1.165, 1.54) is 18.3 Å². The zero-order chi connectivity index (χ0) is 21.0. The van der Waals surface area contributed by atoms with E-state index in [-0.39, 0.29) is 11.5 Å². The Morgan fingerprint density at radius 2 is 1.72 bits per heavy atom. The summed E-state index contributed by atoms with van der Waals surface area (Å²) >= 11 is 5.93. The molecule has 0 bridgehead atoms. The number of pyridine rings is 1. The lowest BCUT2D eigenvalue weighted by atomic mass is 9.87. The summed E-state index contributed by atoms with van der Waals surface area (Å²) in [6.07, 6.45) is -1.21. The quantitative estimate of drug-likeness (QED) is 0.383. The highest BCUT2D eigenvalue weighted by Gasteiger charge is 2.37. The molecule has 0 aliphatic carbocycles. The number of benzene rings is 2. The fourth-order valence-electron chi connectivity index (χ4n) is 3.23. The van der Waals surface area contributed by atoms with Gasteiger partial charge >= 0.3 is 0 Å². The van der Waals surface area contributed by atoms with Crippen molar-refractivity contribution in [3.05, 3.63) is 100 Å². The van der Waals surface area contributed by atoms with Gasteiger partial charge in [-0.15, -0.1) is 0 Å². The SMILES string of the molecule is CC(F)C(F)(F)Cc1cc(F)cc(C(Cc2ccccc2)c2ccc(Cl)cn2)c1. The van der Waals surface area contributed by atoms with Gasteiger partial charge in [0.25, 0.3) is 5.92 Å². The Kier molecular flexibility index (Phi) is 6.58. The maximum absolute atomic E-state index is 14.3. The third kappa shape index (κ3) is 5.57. The van der Waals surface area contributed by atoms with E-state index < -0.39 is 24.3 Å². The van der Waals surface area contributed by atoms with Crippen LogP contribution >= 0.6 is 11.6 Å². The number of hydrogen-bond donors (Lipinski definition) is 0. The van der Waals surface area contributed by atoms with E-state index in [0.717, 1.165) is 18.6 Å². The first-order valence-corrected chi connectivity index (χ1v) is 9.59. The van der Waals surface area contributed by atoms with Crippen molar-refractivity contribution in [1.29, 1.82) is 0 Å². The summed E-state index contributed by atoms with van der Waals surface area (Å²) in [5, 5.41) is 0.462. The number of nitrogens with zero attached hydrogens (tertiary/aromatic N) is 1. The summed E-state index contributed by atoms with van der Waals surface area (Å²) in [7, 11) is 0. The van der Waals surface area contributed by atoms with Gasteiger partial charge in [-0.25, -0.2) is 17.6 Å². The smallest absolute Gasteiger partial charge is 0.259 e. The van der Waals surface area contributed by atoms with E-state index in [1.54, 1.807) is 12.1 Å². The first-order valence-electron chi connectivity index (χ1n) is 9.21. The van der Waals surface area contributed by atoms with Crippen molar-refractivity contribution in [1.82, 2.24) is 4.98 Å². The summed E-state index contributed by atoms with van der Waals surface area (Å²) < 4.78 is 55.3. The Morgan fingerprint density at radius 1 is 1.00 bits per heavy atom. The molecule has 0 spiro atoms. The van der Waals surface area contributed by atoms with Crippen LogP contribution in [0.5, 0.6) is 0 Å². The van der Waals surface area contributed by atoms with Crippen LogP contribution in [-0.4, -0.2) is 17.1 Å². The van der Waals surface area contributed by atoms with E-state index in [9.17, 15) is 17.6 Å². The second kappa shape index (κ2) is 8.95. The Balaban J connectivity index is 2.01. The molecule has 0 saturated heterocycles. The molecule has 0 amide bonds. The highest BCUT2D eigenvalue weighted by molar-refractivity contribution is 6.30. The van der Waals surface area contributed by atoms with Crippen LogP contribution in [0.2, 0.25) is 5.02 Å². The highest BCUT2D eigenvalue weighted by atomic mass is 35.5. The van der Waals surface area contributed by atoms with Gasteiger partial charge in [0.15, 0.2) is 6.17 Å². The molecule has 2 unspecified atom stereocenters. The van der Waals surface area contributed by atoms with E-state index in [4.69, 9.17) is 11.6 Å². The average Bonchev–Trinajstić information content (AvgIpc) is 2.67. The Morgan fingerprint density at radius 3 is 2.34 bits per heavy atom. The van der Waals surface area contributed by atoms with Gasteiger partial charge in [-0.2, -0.15) is 0 Å². The van der Waals surface area contributed by atoms with Crippen molar-refractivity contribution >= 4 is 11.6 Å². The molecule has 0 fully saturated rings. The molecular weight excluding hydrogens is 402 g/mol. The molecule has 0 aliphatic rings. The lowest BCUT2D eigenvalue weighted by Gasteiger charge is -2.21. The summed E-state index contributed by atoms with van der Waals surface area (Å²) in [4.78, 5) is 4.35. The number of aromatic nitrogens is 1. The predicted octanol–water partition coefficient (Wildman–Crippen LogP) is 6.78. The Hall–Kier alpha value is -2.40. The Labute approximate surface area is 172 Å². The number of alkyl halides is 3. The first kappa shape index (κ1) is 21.3. The minimum Gasteiger partial charge on any atom is -0.259 e. The monoisotopic (exact) mass is 421 g/mol. The number of rotatable bonds is 7. The molecule has 0 N–H and O–H groups in total. The maximum atomic E-state index is 14.3. The second-order valence-electron chi connectivity index (χ2n) is 7.09. The fourth-order valence-corrected chi connectivity index (χ4v) is 3.34. The predicted molar refractivity (Wildman–Crippen MR) is 107 cm³/mol. The maximum Gasteiger partial charge on any atom is 0.282 e. The van der Waals surface area contributed by atoms with Gasteiger partial charge in [0.05, 0.1) is 5.02 Å². The molecular formula is C23H20ClF4N. The molecule has 1 aromatic heterocycles. The van der Waals surface area contributed by atoms with Gasteiger partial charge in [0.2, 0.25) is 0 Å². The van der Waals surface area contributed by atoms with Crippen LogP contribution in [0.3, 0.4) is 0 Å². The summed E-state index contributed by atoms with van der Waals surface area (Å²) in [5.41, 5.74) is 2.17. The van der Waals surface area contributed by atoms with E-state index in [1.807, 2.05) is 30.3 Å². The molecule has 3 aromatic rings. The minimum atomic E-state index is -3.57. The van der Waals surface area contributed by atoms with Crippen LogP contribution in [0.1, 0.15) is 35.2 Å². The molecule has 0 radical (unpaired) electrons. The summed E-state index contributed by atoms with van der Waals surface area (Å²) in [5.74, 6) is -4.59. The van der Waals surface area contributed by atoms with Gasteiger partial charge in [-0.3, -0.25) is 4.98 Å². The molecule has 1 nitrogen and oxygen atoms in total. The van der Waals surface area contributed by atoms with Crippen molar-refractivity contribution in [2.24, 2.45) is 0 Å². The lowest BCUT2D eigenvalue weighted by molar-refractivity contribution is -0.0638. The van der Waals surface area contributed by atoms with Gasteiger partial charge < -0.3 is 0 Å². The van der Waals surface area contributed by atoms with Gasteiger partial charge in [0.1, 0.15) is 5.82 Å². The van der Waals surface area contributed by atoms with Crippen LogP contribution in [0.4, 0.5) is 17.6 Å². The fraction of sp³-hybridized carbons (Fsp3) is 0.261. The molecule has 6 heteroatoms. The minimum absolute atomic E-state index is 0.0431. The van der Waals surface area contributed by atoms with Gasteiger partial charge in [-0.05, 0) is 54.3 Å². The largest absolute Gasteiger partial charge is 0.282 e. The molecule has 1 heterocycles. The standard InChI is InChI=1S/C23H20ClF4N/c1-15(25)23(27,28)13-17-9-18(12-20(26)10-17)21(11-16-5-3-2-4-6-16)22-8-7-19(24)14-29-22/h2-10,12,14-15,21H,11,13H2,1H3. The molecule has 2 aromatic carbocycles. The molecule has 0 aliphatic heterocycles. The van der Waals surface area contributed by atoms with Crippen molar-refractivity contribution in [3.63, 3.8) is 0 Å². The zero-order valence-electron chi connectivity index (χ0n) is 15.8. The molecule has 0 saturated carbocycles. The van der Waals surface area contributed by atoms with Crippen molar-refractivity contribution in [3.8, 4) is 0 Å². The van der Waals surface area contributed by atoms with Crippen molar-refractivity contribution < 1.29 is 17.6 Å². The van der Waals surface area contributed by atoms with Crippen LogP contribution in [0, 0.1) is 5.82 Å². The van der Waals surface area contributed by atoms with Crippen LogP contribution < -0.4 is 0 Å². The third-order valence-corrected chi connectivity index (χ3v) is 5.02. The molecule has 29 heavy (non-hydrogen) atoms. The van der Waals surface area contributed by atoms with Crippen LogP contribution in [0.15, 0.2) is 66.9 Å². The van der Waals surface area contributed by atoms with Crippen LogP contribution in [-0.2, 0) is 12.8 Å². The first-order chi connectivity index (χ1) is 13.7. The van der Waals surface area contributed by atoms with Gasteiger partial charge in [0, 0.05) is 24.2 Å². The molecule has 2 atom stereocenters. The average molecular weight is 422 g/mol. The topological polar surface area (TPSA) is 12.9 Å². The van der Waals surface area contributed by atoms with Gasteiger partial charge in [-0.1, -0.05) is 48.0 Å². The molecule has 152 valence electrons. The highest BCUT2D eigenvalue weighted by Crippen LogP contribution is 2.32. The normalized spacial score (nSPS) is 13.9. The van der Waals surface area contributed by atoms with E-state index in [2.05, 4.69) is 4.98 Å². The lowest BCUT2D eigenvalue weighted by Crippen LogP contribution is -2.30. The third-order valence-electron chi connectivity index (χ3n) is 4.79. The summed E-state index contributed by atoms with van der Waals surface area (Å²) in [6.45, 7) is 0.802. The molecule has 3 rings (SSSR count). The van der Waals surface area contributed by atoms with Crippen molar-refractivity contribution in [2.45, 2.75) is 37.8 Å². The number of halogens is 5. The Bertz CT molecular complexity index is 943. The number of hydrogen-bond acceptors (Lipinski definition) is 1. The summed E-state index contributed by atoms with van der Waals surface area (Å²) in [6, 6.07) is 16.8. The second-order valence-corrected chi connectivity index (χ2v) is 7.53. The van der Waals surface area contributed by atoms with E-state index in [0.29, 0.717) is 22.7 Å².